The summed E-state index contributed by atoms with van der Waals surface area (Å²) in [5, 5.41) is 14.7. The van der Waals surface area contributed by atoms with Gasteiger partial charge in [-0.2, -0.15) is 22.0 Å². The second-order valence-electron chi connectivity index (χ2n) is 7.78. The molecule has 1 aromatic heterocycles. The molecule has 0 aliphatic rings. The number of nitrogens with zero attached hydrogens (tertiary/aromatic N) is 1. The number of anilines is 1. The van der Waals surface area contributed by atoms with Gasteiger partial charge in [0.1, 0.15) is 17.2 Å². The summed E-state index contributed by atoms with van der Waals surface area (Å²) in [5.74, 6) is -2.08. The van der Waals surface area contributed by atoms with E-state index in [-0.39, 0.29) is 16.9 Å². The van der Waals surface area contributed by atoms with Crippen molar-refractivity contribution >= 4 is 17.6 Å². The molecule has 0 aliphatic carbocycles. The van der Waals surface area contributed by atoms with Crippen molar-refractivity contribution in [2.45, 2.75) is 51.6 Å². The van der Waals surface area contributed by atoms with Crippen LogP contribution in [0.4, 0.5) is 27.8 Å². The number of amides is 2. The van der Waals surface area contributed by atoms with Crippen molar-refractivity contribution in [1.82, 2.24) is 10.3 Å². The molecule has 2 rings (SSSR count). The van der Waals surface area contributed by atoms with Gasteiger partial charge in [-0.25, -0.2) is 4.98 Å². The number of carbonyl (C=O) groups excluding carboxylic acids is 2. The van der Waals surface area contributed by atoms with Crippen LogP contribution in [0.15, 0.2) is 36.4 Å². The highest BCUT2D eigenvalue weighted by molar-refractivity contribution is 5.98. The molecule has 1 unspecified atom stereocenters. The maximum Gasteiger partial charge on any atom is 0.499 e. The third kappa shape index (κ3) is 6.85. The minimum Gasteiger partial charge on any atom is -0.426 e. The molecule has 0 fully saturated rings. The summed E-state index contributed by atoms with van der Waals surface area (Å²) in [6.07, 6.45) is -11.3. The van der Waals surface area contributed by atoms with Crippen LogP contribution in [0.5, 0.6) is 5.75 Å². The monoisotopic (exact) mass is 475 g/mol. The predicted octanol–water partition coefficient (Wildman–Crippen LogP) is 4.12. The Hall–Kier alpha value is -3.28. The molecule has 0 aliphatic heterocycles. The number of aromatic nitrogens is 1. The van der Waals surface area contributed by atoms with Crippen molar-refractivity contribution in [2.75, 3.05) is 5.32 Å². The summed E-state index contributed by atoms with van der Waals surface area (Å²) in [5.41, 5.74) is -0.999. The molecule has 12 heteroatoms. The highest BCUT2D eigenvalue weighted by Gasteiger charge is 2.61. The van der Waals surface area contributed by atoms with Gasteiger partial charge in [0, 0.05) is 11.3 Å². The van der Waals surface area contributed by atoms with Gasteiger partial charge in [-0.05, 0) is 57.5 Å². The Morgan fingerprint density at radius 1 is 1.09 bits per heavy atom. The summed E-state index contributed by atoms with van der Waals surface area (Å²) in [6.45, 7) is 5.61. The minimum atomic E-state index is -5.89. The first-order valence-corrected chi connectivity index (χ1v) is 9.56. The lowest BCUT2D eigenvalue weighted by atomic mass is 10.1. The minimum absolute atomic E-state index is 0.0182. The third-order valence-corrected chi connectivity index (χ3v) is 4.29. The number of ether oxygens (including phenoxy) is 1. The van der Waals surface area contributed by atoms with Crippen molar-refractivity contribution in [1.29, 1.82) is 0 Å². The van der Waals surface area contributed by atoms with Gasteiger partial charge in [0.2, 0.25) is 0 Å². The van der Waals surface area contributed by atoms with Crippen LogP contribution in [0.3, 0.4) is 0 Å². The van der Waals surface area contributed by atoms with E-state index in [1.807, 2.05) is 0 Å². The number of halogens is 5. The maximum absolute atomic E-state index is 13.2. The van der Waals surface area contributed by atoms with Gasteiger partial charge >= 0.3 is 12.3 Å². The molecule has 1 atom stereocenters. The number of carbonyl (C=O) groups is 2. The Morgan fingerprint density at radius 3 is 2.30 bits per heavy atom. The molecule has 2 amide bonds. The van der Waals surface area contributed by atoms with Crippen LogP contribution in [-0.4, -0.2) is 39.8 Å². The quantitative estimate of drug-likeness (QED) is 0.523. The first kappa shape index (κ1) is 26.0. The van der Waals surface area contributed by atoms with Crippen LogP contribution in [0, 0.1) is 6.92 Å². The van der Waals surface area contributed by atoms with Crippen molar-refractivity contribution in [3.8, 4) is 5.75 Å². The second-order valence-corrected chi connectivity index (χ2v) is 7.78. The Labute approximate surface area is 186 Å². The normalized spacial score (nSPS) is 13.3. The number of aryl methyl sites for hydroxylation is 1. The van der Waals surface area contributed by atoms with E-state index in [0.717, 1.165) is 12.1 Å². The summed E-state index contributed by atoms with van der Waals surface area (Å²) in [4.78, 5) is 28.7. The van der Waals surface area contributed by atoms with Gasteiger partial charge in [0.15, 0.2) is 0 Å². The number of hydrogen-bond donors (Lipinski definition) is 3. The topological polar surface area (TPSA) is 101 Å². The molecule has 7 nitrogen and oxygen atoms in total. The smallest absolute Gasteiger partial charge is 0.426 e. The van der Waals surface area contributed by atoms with E-state index in [9.17, 15) is 36.6 Å². The van der Waals surface area contributed by atoms with Crippen molar-refractivity contribution in [3.05, 3.63) is 53.2 Å². The summed E-state index contributed by atoms with van der Waals surface area (Å²) < 4.78 is 67.2. The molecule has 0 saturated heterocycles. The zero-order chi connectivity index (χ0) is 25.2. The SMILES string of the molecule is Cc1cc(C(=O)NC(C)c2cccc(OC(F)(F)C(F)(F)F)c2)cc(NC(=O)C(C)(C)O)n1. The van der Waals surface area contributed by atoms with Crippen LogP contribution in [0.1, 0.15) is 48.4 Å². The Bertz CT molecular complexity index is 1040. The van der Waals surface area contributed by atoms with E-state index in [0.29, 0.717) is 5.69 Å². The van der Waals surface area contributed by atoms with Crippen LogP contribution in [-0.2, 0) is 4.79 Å². The standard InChI is InChI=1S/C21H22F5N3O4/c1-11-8-14(10-16(27-11)29-18(31)19(3,4)32)17(30)28-12(2)13-6-5-7-15(9-13)33-21(25,26)20(22,23)24/h5-10,12,32H,1-4H3,(H,28,30)(H,27,29,31). The van der Waals surface area contributed by atoms with E-state index in [1.54, 1.807) is 6.92 Å². The highest BCUT2D eigenvalue weighted by atomic mass is 19.4. The van der Waals surface area contributed by atoms with Gasteiger partial charge in [0.05, 0.1) is 6.04 Å². The molecular weight excluding hydrogens is 453 g/mol. The Kier molecular flexibility index (Phi) is 7.32. The lowest BCUT2D eigenvalue weighted by Gasteiger charge is -2.21. The molecule has 180 valence electrons. The fourth-order valence-electron chi connectivity index (χ4n) is 2.55. The largest absolute Gasteiger partial charge is 0.499 e. The molecule has 0 bridgehead atoms. The molecule has 1 aromatic carbocycles. The molecule has 33 heavy (non-hydrogen) atoms. The Morgan fingerprint density at radius 2 is 1.73 bits per heavy atom. The van der Waals surface area contributed by atoms with E-state index in [4.69, 9.17) is 0 Å². The first-order valence-electron chi connectivity index (χ1n) is 9.56. The van der Waals surface area contributed by atoms with Gasteiger partial charge in [-0.15, -0.1) is 0 Å². The predicted molar refractivity (Wildman–Crippen MR) is 108 cm³/mol. The summed E-state index contributed by atoms with van der Waals surface area (Å²) in [7, 11) is 0. The first-order chi connectivity index (χ1) is 15.0. The van der Waals surface area contributed by atoms with Crippen LogP contribution < -0.4 is 15.4 Å². The molecule has 0 saturated carbocycles. The van der Waals surface area contributed by atoms with Crippen molar-refractivity contribution in [3.63, 3.8) is 0 Å². The highest BCUT2D eigenvalue weighted by Crippen LogP contribution is 2.37. The summed E-state index contributed by atoms with van der Waals surface area (Å²) in [6, 6.07) is 6.40. The van der Waals surface area contributed by atoms with Gasteiger partial charge < -0.3 is 20.5 Å². The molecular formula is C21H22F5N3O4. The molecule has 3 N–H and O–H groups in total. The van der Waals surface area contributed by atoms with E-state index in [2.05, 4.69) is 20.4 Å². The van der Waals surface area contributed by atoms with Gasteiger partial charge in [-0.1, -0.05) is 12.1 Å². The average molecular weight is 475 g/mol. The van der Waals surface area contributed by atoms with Gasteiger partial charge in [0.25, 0.3) is 11.8 Å². The average Bonchev–Trinajstić information content (AvgIpc) is 2.65. The van der Waals surface area contributed by atoms with Crippen molar-refractivity contribution < 1.29 is 41.4 Å². The van der Waals surface area contributed by atoms with Gasteiger partial charge in [-0.3, -0.25) is 9.59 Å². The second kappa shape index (κ2) is 9.30. The van der Waals surface area contributed by atoms with Crippen molar-refractivity contribution in [2.24, 2.45) is 0 Å². The number of nitrogens with one attached hydrogen (secondary N) is 2. The number of alkyl halides is 5. The summed E-state index contributed by atoms with van der Waals surface area (Å²) >= 11 is 0. The van der Waals surface area contributed by atoms with E-state index in [1.165, 1.54) is 45.0 Å². The number of pyridine rings is 1. The Balaban J connectivity index is 2.17. The van der Waals surface area contributed by atoms with Crippen LogP contribution in [0.25, 0.3) is 0 Å². The lowest BCUT2D eigenvalue weighted by Crippen LogP contribution is -2.41. The number of rotatable bonds is 7. The van der Waals surface area contributed by atoms with E-state index >= 15 is 0 Å². The number of hydrogen-bond acceptors (Lipinski definition) is 5. The number of benzene rings is 1. The third-order valence-electron chi connectivity index (χ3n) is 4.29. The van der Waals surface area contributed by atoms with Crippen LogP contribution in [0.2, 0.25) is 0 Å². The maximum atomic E-state index is 13.2. The van der Waals surface area contributed by atoms with E-state index < -0.39 is 41.5 Å². The molecule has 1 heterocycles. The lowest BCUT2D eigenvalue weighted by molar-refractivity contribution is -0.360. The fourth-order valence-corrected chi connectivity index (χ4v) is 2.55. The zero-order valence-electron chi connectivity index (χ0n) is 18.1. The molecule has 2 aromatic rings. The fraction of sp³-hybridized carbons (Fsp3) is 0.381. The zero-order valence-corrected chi connectivity index (χ0v) is 18.1. The number of aliphatic hydroxyl groups is 1. The molecule has 0 radical (unpaired) electrons. The molecule has 0 spiro atoms. The van der Waals surface area contributed by atoms with Crippen LogP contribution >= 0.6 is 0 Å².